The lowest BCUT2D eigenvalue weighted by atomic mass is 9.83. The summed E-state index contributed by atoms with van der Waals surface area (Å²) in [7, 11) is -1.58. The van der Waals surface area contributed by atoms with Gasteiger partial charge in [-0.25, -0.2) is 13.1 Å². The summed E-state index contributed by atoms with van der Waals surface area (Å²) < 4.78 is 32.6. The van der Waals surface area contributed by atoms with Gasteiger partial charge in [0, 0.05) is 32.8 Å². The lowest BCUT2D eigenvalue weighted by molar-refractivity contribution is 0.0200. The Hall–Kier alpha value is -0.860. The van der Waals surface area contributed by atoms with Crippen molar-refractivity contribution in [2.24, 2.45) is 10.9 Å². The molecule has 27 heavy (non-hydrogen) atoms. The van der Waals surface area contributed by atoms with Crippen molar-refractivity contribution in [3.8, 4) is 0 Å². The van der Waals surface area contributed by atoms with E-state index in [9.17, 15) is 8.42 Å². The zero-order chi connectivity index (χ0) is 19.5. The van der Waals surface area contributed by atoms with Crippen LogP contribution in [0.2, 0.25) is 0 Å². The molecule has 0 aromatic rings. The van der Waals surface area contributed by atoms with Gasteiger partial charge in [-0.3, -0.25) is 4.99 Å². The van der Waals surface area contributed by atoms with Crippen molar-refractivity contribution in [3.63, 3.8) is 0 Å². The van der Waals surface area contributed by atoms with E-state index in [2.05, 4.69) is 27.3 Å². The Balaban J connectivity index is 1.63. The van der Waals surface area contributed by atoms with E-state index in [1.807, 2.05) is 0 Å². The molecule has 3 N–H and O–H groups in total. The minimum Gasteiger partial charge on any atom is -0.377 e. The van der Waals surface area contributed by atoms with E-state index >= 15 is 0 Å². The van der Waals surface area contributed by atoms with Crippen molar-refractivity contribution < 1.29 is 13.2 Å². The average Bonchev–Trinajstić information content (AvgIpc) is 2.68. The predicted molar refractivity (Wildman–Crippen MR) is 111 cm³/mol. The van der Waals surface area contributed by atoms with Crippen LogP contribution in [0, 0.1) is 5.92 Å². The zero-order valence-electron chi connectivity index (χ0n) is 17.0. The van der Waals surface area contributed by atoms with Gasteiger partial charge in [0.1, 0.15) is 0 Å². The third kappa shape index (κ3) is 8.79. The molecule has 0 bridgehead atoms. The van der Waals surface area contributed by atoms with Gasteiger partial charge < -0.3 is 15.4 Å². The van der Waals surface area contributed by atoms with Gasteiger partial charge >= 0.3 is 0 Å². The maximum atomic E-state index is 12.2. The highest BCUT2D eigenvalue weighted by molar-refractivity contribution is 7.89. The Morgan fingerprint density at radius 1 is 1.15 bits per heavy atom. The largest absolute Gasteiger partial charge is 0.377 e. The third-order valence-electron chi connectivity index (χ3n) is 5.58. The molecule has 158 valence electrons. The first-order valence-electron chi connectivity index (χ1n) is 10.6. The molecule has 2 aliphatic rings. The molecule has 7 nitrogen and oxygen atoms in total. The fourth-order valence-corrected chi connectivity index (χ4v) is 4.91. The fraction of sp³-hybridized carbons (Fsp3) is 0.947. The molecular weight excluding hydrogens is 364 g/mol. The molecule has 1 saturated heterocycles. The first kappa shape index (κ1) is 22.4. The van der Waals surface area contributed by atoms with Gasteiger partial charge in [-0.2, -0.15) is 0 Å². The monoisotopic (exact) mass is 402 g/mol. The molecule has 1 atom stereocenters. The number of nitrogens with zero attached hydrogens (tertiary/aromatic N) is 1. The molecule has 0 aromatic heterocycles. The van der Waals surface area contributed by atoms with E-state index in [1.54, 1.807) is 7.05 Å². The summed E-state index contributed by atoms with van der Waals surface area (Å²) in [4.78, 5) is 4.24. The van der Waals surface area contributed by atoms with Gasteiger partial charge in [-0.05, 0) is 50.9 Å². The molecule has 0 aromatic carbocycles. The summed E-state index contributed by atoms with van der Waals surface area (Å²) in [6.07, 6.45) is 10.6. The summed E-state index contributed by atoms with van der Waals surface area (Å²) in [5, 5.41) is 6.58. The number of ether oxygens (including phenoxy) is 1. The van der Waals surface area contributed by atoms with Crippen LogP contribution in [0.5, 0.6) is 0 Å². The highest BCUT2D eigenvalue weighted by atomic mass is 32.2. The summed E-state index contributed by atoms with van der Waals surface area (Å²) in [6, 6.07) is 0.433. The van der Waals surface area contributed by atoms with Crippen LogP contribution >= 0.6 is 0 Å². The highest BCUT2D eigenvalue weighted by Crippen LogP contribution is 2.27. The first-order valence-corrected chi connectivity index (χ1v) is 12.2. The molecule has 0 spiro atoms. The van der Waals surface area contributed by atoms with Crippen molar-refractivity contribution in [1.29, 1.82) is 0 Å². The summed E-state index contributed by atoms with van der Waals surface area (Å²) in [5.74, 6) is 1.59. The van der Waals surface area contributed by atoms with Crippen LogP contribution in [-0.2, 0) is 14.8 Å². The smallest absolute Gasteiger partial charge is 0.213 e. The summed E-state index contributed by atoms with van der Waals surface area (Å²) in [5.41, 5.74) is 0. The van der Waals surface area contributed by atoms with Gasteiger partial charge in [0.25, 0.3) is 0 Å². The molecule has 1 aliphatic carbocycles. The van der Waals surface area contributed by atoms with Crippen LogP contribution < -0.4 is 15.4 Å². The predicted octanol–water partition coefficient (Wildman–Crippen LogP) is 2.00. The molecule has 2 rings (SSSR count). The SMILES string of the molecule is CCCC1CCC(NC(=NC)NCCS(=O)(=O)NCC2CCCCO2)CC1. The van der Waals surface area contributed by atoms with Gasteiger partial charge in [-0.15, -0.1) is 0 Å². The van der Waals surface area contributed by atoms with E-state index in [0.717, 1.165) is 44.6 Å². The molecule has 1 unspecified atom stereocenters. The van der Waals surface area contributed by atoms with Crippen LogP contribution in [0.3, 0.4) is 0 Å². The summed E-state index contributed by atoms with van der Waals surface area (Å²) in [6.45, 7) is 3.69. The minimum absolute atomic E-state index is 0.0127. The van der Waals surface area contributed by atoms with Crippen LogP contribution in [0.1, 0.15) is 64.7 Å². The van der Waals surface area contributed by atoms with Crippen molar-refractivity contribution in [1.82, 2.24) is 15.4 Å². The average molecular weight is 403 g/mol. The van der Waals surface area contributed by atoms with E-state index < -0.39 is 10.0 Å². The highest BCUT2D eigenvalue weighted by Gasteiger charge is 2.21. The zero-order valence-corrected chi connectivity index (χ0v) is 17.8. The van der Waals surface area contributed by atoms with E-state index in [1.165, 1.54) is 25.7 Å². The van der Waals surface area contributed by atoms with E-state index in [4.69, 9.17) is 4.74 Å². The first-order chi connectivity index (χ1) is 13.0. The van der Waals surface area contributed by atoms with Crippen LogP contribution in [-0.4, -0.2) is 59.0 Å². The van der Waals surface area contributed by atoms with Crippen LogP contribution in [0.4, 0.5) is 0 Å². The number of nitrogens with one attached hydrogen (secondary N) is 3. The molecule has 0 amide bonds. The molecule has 1 heterocycles. The molecule has 1 saturated carbocycles. The number of sulfonamides is 1. The maximum absolute atomic E-state index is 12.2. The second-order valence-electron chi connectivity index (χ2n) is 7.81. The van der Waals surface area contributed by atoms with Crippen LogP contribution in [0.25, 0.3) is 0 Å². The van der Waals surface area contributed by atoms with E-state index in [0.29, 0.717) is 25.1 Å². The Bertz CT molecular complexity index is 539. The topological polar surface area (TPSA) is 91.8 Å². The van der Waals surface area contributed by atoms with E-state index in [-0.39, 0.29) is 11.9 Å². The molecular formula is C19H38N4O3S. The lowest BCUT2D eigenvalue weighted by Crippen LogP contribution is -2.46. The van der Waals surface area contributed by atoms with Crippen molar-refractivity contribution in [2.45, 2.75) is 76.9 Å². The van der Waals surface area contributed by atoms with Gasteiger partial charge in [0.2, 0.25) is 10.0 Å². The number of guanidine groups is 1. The summed E-state index contributed by atoms with van der Waals surface area (Å²) >= 11 is 0. The second kappa shape index (κ2) is 11.9. The second-order valence-corrected chi connectivity index (χ2v) is 9.73. The lowest BCUT2D eigenvalue weighted by Gasteiger charge is -2.30. The molecule has 0 radical (unpaired) electrons. The van der Waals surface area contributed by atoms with Gasteiger partial charge in [0.15, 0.2) is 5.96 Å². The number of hydrogen-bond acceptors (Lipinski definition) is 4. The quantitative estimate of drug-likeness (QED) is 0.405. The number of aliphatic imine (C=N–C) groups is 1. The fourth-order valence-electron chi connectivity index (χ4n) is 3.96. The van der Waals surface area contributed by atoms with Crippen molar-refractivity contribution >= 4 is 16.0 Å². The van der Waals surface area contributed by atoms with Gasteiger partial charge in [-0.1, -0.05) is 19.8 Å². The third-order valence-corrected chi connectivity index (χ3v) is 6.92. The molecule has 1 aliphatic heterocycles. The number of rotatable bonds is 9. The van der Waals surface area contributed by atoms with Gasteiger partial charge in [0.05, 0.1) is 11.9 Å². The maximum Gasteiger partial charge on any atom is 0.213 e. The normalized spacial score (nSPS) is 27.3. The Morgan fingerprint density at radius 3 is 2.56 bits per heavy atom. The minimum atomic E-state index is -3.31. The Labute approximate surface area is 165 Å². The standard InChI is InChI=1S/C19H38N4O3S/c1-3-6-16-8-10-17(11-9-16)23-19(20-2)21-12-14-27(24,25)22-15-18-7-4-5-13-26-18/h16-18,22H,3-15H2,1-2H3,(H2,20,21,23). The van der Waals surface area contributed by atoms with Crippen molar-refractivity contribution in [2.75, 3.05) is 32.5 Å². The Morgan fingerprint density at radius 2 is 1.93 bits per heavy atom. The molecule has 8 heteroatoms. The van der Waals surface area contributed by atoms with Crippen molar-refractivity contribution in [3.05, 3.63) is 0 Å². The Kier molecular flexibility index (Phi) is 9.86. The molecule has 2 fully saturated rings. The van der Waals surface area contributed by atoms with Crippen LogP contribution in [0.15, 0.2) is 4.99 Å². The number of hydrogen-bond donors (Lipinski definition) is 3.